The summed E-state index contributed by atoms with van der Waals surface area (Å²) in [6.45, 7) is 1.37. The highest BCUT2D eigenvalue weighted by molar-refractivity contribution is 7.90. The fraction of sp³-hybridized carbons (Fsp3) is 0.133. The standard InChI is InChI=1S/C15H14N2O6S/c1-10(18)16-11-3-5-12(6-4-11)23-15-8-7-13(24(2,21)22)9-14(15)17(19)20/h3-9H,1-2H3,(H,16,18). The Bertz CT molecular complexity index is 891. The van der Waals surface area contributed by atoms with Gasteiger partial charge in [-0.05, 0) is 36.4 Å². The number of rotatable bonds is 5. The number of ether oxygens (including phenoxy) is 1. The van der Waals surface area contributed by atoms with E-state index in [1.54, 1.807) is 12.1 Å². The van der Waals surface area contributed by atoms with E-state index in [1.807, 2.05) is 0 Å². The summed E-state index contributed by atoms with van der Waals surface area (Å²) < 4.78 is 28.5. The van der Waals surface area contributed by atoms with Gasteiger partial charge in [0.2, 0.25) is 11.7 Å². The minimum absolute atomic E-state index is 0.0836. The van der Waals surface area contributed by atoms with Crippen LogP contribution in [0.5, 0.6) is 11.5 Å². The van der Waals surface area contributed by atoms with Crippen LogP contribution in [-0.2, 0) is 14.6 Å². The quantitative estimate of drug-likeness (QED) is 0.655. The van der Waals surface area contributed by atoms with E-state index in [9.17, 15) is 23.3 Å². The Kier molecular flexibility index (Phi) is 4.84. The molecule has 126 valence electrons. The molecule has 1 N–H and O–H groups in total. The third-order valence-electron chi connectivity index (χ3n) is 2.96. The van der Waals surface area contributed by atoms with Crippen molar-refractivity contribution in [1.29, 1.82) is 0 Å². The second-order valence-corrected chi connectivity index (χ2v) is 6.98. The maximum Gasteiger partial charge on any atom is 0.312 e. The van der Waals surface area contributed by atoms with Gasteiger partial charge in [0.15, 0.2) is 9.84 Å². The number of sulfone groups is 1. The van der Waals surface area contributed by atoms with Crippen molar-refractivity contribution in [3.8, 4) is 11.5 Å². The Morgan fingerprint density at radius 1 is 1.17 bits per heavy atom. The van der Waals surface area contributed by atoms with Crippen molar-refractivity contribution >= 4 is 27.1 Å². The number of anilines is 1. The first-order valence-corrected chi connectivity index (χ1v) is 8.60. The number of hydrogen-bond donors (Lipinski definition) is 1. The Morgan fingerprint density at radius 3 is 2.29 bits per heavy atom. The van der Waals surface area contributed by atoms with Gasteiger partial charge in [0.25, 0.3) is 0 Å². The zero-order valence-electron chi connectivity index (χ0n) is 12.8. The maximum absolute atomic E-state index is 11.5. The van der Waals surface area contributed by atoms with E-state index in [1.165, 1.54) is 31.2 Å². The van der Waals surface area contributed by atoms with Crippen molar-refractivity contribution < 1.29 is 22.9 Å². The molecule has 0 unspecified atom stereocenters. The molecular formula is C15H14N2O6S. The summed E-state index contributed by atoms with van der Waals surface area (Å²) in [5.74, 6) is -0.00495. The molecule has 0 aliphatic rings. The molecule has 0 saturated carbocycles. The van der Waals surface area contributed by atoms with E-state index < -0.39 is 20.4 Å². The molecule has 0 aromatic heterocycles. The normalized spacial score (nSPS) is 10.9. The average molecular weight is 350 g/mol. The maximum atomic E-state index is 11.5. The molecule has 2 aromatic rings. The Hall–Kier alpha value is -2.94. The van der Waals surface area contributed by atoms with Crippen LogP contribution in [-0.4, -0.2) is 25.5 Å². The molecule has 2 aromatic carbocycles. The summed E-state index contributed by atoms with van der Waals surface area (Å²) in [6.07, 6.45) is 0.966. The number of carbonyl (C=O) groups is 1. The van der Waals surface area contributed by atoms with Crippen molar-refractivity contribution in [2.45, 2.75) is 11.8 Å². The van der Waals surface area contributed by atoms with Crippen LogP contribution in [0.3, 0.4) is 0 Å². The second kappa shape index (κ2) is 6.67. The summed E-state index contributed by atoms with van der Waals surface area (Å²) in [6, 6.07) is 9.63. The van der Waals surface area contributed by atoms with E-state index in [4.69, 9.17) is 4.74 Å². The zero-order valence-corrected chi connectivity index (χ0v) is 13.7. The SMILES string of the molecule is CC(=O)Nc1ccc(Oc2ccc(S(C)(=O)=O)cc2[N+](=O)[O-])cc1. The highest BCUT2D eigenvalue weighted by atomic mass is 32.2. The smallest absolute Gasteiger partial charge is 0.312 e. The molecule has 0 radical (unpaired) electrons. The van der Waals surface area contributed by atoms with Gasteiger partial charge in [-0.25, -0.2) is 8.42 Å². The van der Waals surface area contributed by atoms with Crippen molar-refractivity contribution in [3.05, 3.63) is 52.6 Å². The van der Waals surface area contributed by atoms with E-state index in [2.05, 4.69) is 5.32 Å². The average Bonchev–Trinajstić information content (AvgIpc) is 2.47. The second-order valence-electron chi connectivity index (χ2n) is 4.97. The zero-order chi connectivity index (χ0) is 17.9. The van der Waals surface area contributed by atoms with Crippen LogP contribution in [0.1, 0.15) is 6.92 Å². The molecule has 0 aliphatic heterocycles. The number of carbonyl (C=O) groups excluding carboxylic acids is 1. The molecule has 0 fully saturated rings. The number of nitrogens with zero attached hydrogens (tertiary/aromatic N) is 1. The minimum atomic E-state index is -3.57. The summed E-state index contributed by atoms with van der Waals surface area (Å²) in [4.78, 5) is 21.2. The lowest BCUT2D eigenvalue weighted by Gasteiger charge is -2.08. The van der Waals surface area contributed by atoms with Gasteiger partial charge in [-0.15, -0.1) is 0 Å². The fourth-order valence-corrected chi connectivity index (χ4v) is 2.53. The molecule has 2 rings (SSSR count). The molecular weight excluding hydrogens is 336 g/mol. The predicted molar refractivity (Wildman–Crippen MR) is 87.0 cm³/mol. The summed E-state index contributed by atoms with van der Waals surface area (Å²) in [5, 5.41) is 13.7. The number of nitro groups is 1. The van der Waals surface area contributed by atoms with Gasteiger partial charge in [-0.1, -0.05) is 0 Å². The van der Waals surface area contributed by atoms with Crippen LogP contribution < -0.4 is 10.1 Å². The molecule has 0 heterocycles. The highest BCUT2D eigenvalue weighted by Gasteiger charge is 2.20. The monoisotopic (exact) mass is 350 g/mol. The predicted octanol–water partition coefficient (Wildman–Crippen LogP) is 2.75. The molecule has 0 spiro atoms. The molecule has 0 atom stereocenters. The van der Waals surface area contributed by atoms with Crippen LogP contribution in [0, 0.1) is 10.1 Å². The van der Waals surface area contributed by atoms with Gasteiger partial charge in [0, 0.05) is 24.9 Å². The van der Waals surface area contributed by atoms with Crippen LogP contribution in [0.2, 0.25) is 0 Å². The number of amides is 1. The molecule has 0 bridgehead atoms. The molecule has 1 amide bonds. The lowest BCUT2D eigenvalue weighted by molar-refractivity contribution is -0.385. The Balaban J connectivity index is 2.32. The third-order valence-corrected chi connectivity index (χ3v) is 4.07. The van der Waals surface area contributed by atoms with Crippen LogP contribution in [0.15, 0.2) is 47.4 Å². The van der Waals surface area contributed by atoms with Crippen molar-refractivity contribution in [2.75, 3.05) is 11.6 Å². The number of nitrogens with one attached hydrogen (secondary N) is 1. The van der Waals surface area contributed by atoms with Crippen LogP contribution in [0.4, 0.5) is 11.4 Å². The summed E-state index contributed by atoms with van der Waals surface area (Å²) in [5.41, 5.74) is 0.0978. The fourth-order valence-electron chi connectivity index (χ4n) is 1.89. The molecule has 0 saturated heterocycles. The number of benzene rings is 2. The Morgan fingerprint density at radius 2 is 1.79 bits per heavy atom. The van der Waals surface area contributed by atoms with E-state index in [0.717, 1.165) is 12.3 Å². The molecule has 8 nitrogen and oxygen atoms in total. The third kappa shape index (κ3) is 4.29. The lowest BCUT2D eigenvalue weighted by atomic mass is 10.2. The summed E-state index contributed by atoms with van der Waals surface area (Å²) >= 11 is 0. The lowest BCUT2D eigenvalue weighted by Crippen LogP contribution is -2.05. The first-order chi connectivity index (χ1) is 11.2. The van der Waals surface area contributed by atoms with E-state index in [0.29, 0.717) is 11.4 Å². The van der Waals surface area contributed by atoms with Crippen molar-refractivity contribution in [1.82, 2.24) is 0 Å². The summed E-state index contributed by atoms with van der Waals surface area (Å²) in [7, 11) is -3.57. The molecule has 9 heteroatoms. The van der Waals surface area contributed by atoms with Gasteiger partial charge < -0.3 is 10.1 Å². The highest BCUT2D eigenvalue weighted by Crippen LogP contribution is 2.33. The van der Waals surface area contributed by atoms with Crippen LogP contribution >= 0.6 is 0 Å². The van der Waals surface area contributed by atoms with Crippen molar-refractivity contribution in [2.24, 2.45) is 0 Å². The first-order valence-electron chi connectivity index (χ1n) is 6.71. The number of nitro benzene ring substituents is 1. The van der Waals surface area contributed by atoms with E-state index in [-0.39, 0.29) is 16.6 Å². The topological polar surface area (TPSA) is 116 Å². The van der Waals surface area contributed by atoms with Crippen LogP contribution in [0.25, 0.3) is 0 Å². The number of hydrogen-bond acceptors (Lipinski definition) is 6. The Labute approximate surface area is 138 Å². The first kappa shape index (κ1) is 17.4. The van der Waals surface area contributed by atoms with Crippen molar-refractivity contribution in [3.63, 3.8) is 0 Å². The van der Waals surface area contributed by atoms with Gasteiger partial charge >= 0.3 is 5.69 Å². The largest absolute Gasteiger partial charge is 0.450 e. The van der Waals surface area contributed by atoms with Gasteiger partial charge in [-0.2, -0.15) is 0 Å². The van der Waals surface area contributed by atoms with Gasteiger partial charge in [0.05, 0.1) is 9.82 Å². The molecule has 0 aliphatic carbocycles. The molecule has 24 heavy (non-hydrogen) atoms. The van der Waals surface area contributed by atoms with Gasteiger partial charge in [0.1, 0.15) is 5.75 Å². The van der Waals surface area contributed by atoms with E-state index >= 15 is 0 Å². The van der Waals surface area contributed by atoms with Gasteiger partial charge in [-0.3, -0.25) is 14.9 Å². The minimum Gasteiger partial charge on any atom is -0.450 e.